The van der Waals surface area contributed by atoms with E-state index in [9.17, 15) is 23.3 Å². The molecule has 2 heterocycles. The van der Waals surface area contributed by atoms with E-state index >= 15 is 0 Å². The number of anilines is 3. The molecule has 1 N–H and O–H groups in total. The number of halogens is 4. The fraction of sp³-hybridized carbons (Fsp3) is 0.375. The van der Waals surface area contributed by atoms with Gasteiger partial charge in [0.25, 0.3) is 0 Å². The van der Waals surface area contributed by atoms with Gasteiger partial charge in [0.15, 0.2) is 0 Å². The fourth-order valence-electron chi connectivity index (χ4n) is 2.69. The fourth-order valence-corrected chi connectivity index (χ4v) is 2.85. The van der Waals surface area contributed by atoms with Crippen LogP contribution in [0.3, 0.4) is 0 Å². The number of hydrogen-bond donors (Lipinski definition) is 1. The SMILES string of the molecule is Cc1nc(N2CCOCC2)nc(Nc2cc(C(F)(F)F)ccc2Cl)c1[N+](=O)[O-]. The van der Waals surface area contributed by atoms with Gasteiger partial charge in [-0.2, -0.15) is 18.2 Å². The van der Waals surface area contributed by atoms with Gasteiger partial charge in [-0.15, -0.1) is 0 Å². The zero-order valence-corrected chi connectivity index (χ0v) is 15.3. The molecule has 1 aliphatic heterocycles. The van der Waals surface area contributed by atoms with Crippen LogP contribution < -0.4 is 10.2 Å². The second-order valence-corrected chi connectivity index (χ2v) is 6.39. The van der Waals surface area contributed by atoms with E-state index in [1.54, 1.807) is 4.90 Å². The predicted molar refractivity (Wildman–Crippen MR) is 96.2 cm³/mol. The highest BCUT2D eigenvalue weighted by atomic mass is 35.5. The van der Waals surface area contributed by atoms with E-state index in [1.165, 1.54) is 6.92 Å². The van der Waals surface area contributed by atoms with Crippen LogP contribution >= 0.6 is 11.6 Å². The van der Waals surface area contributed by atoms with E-state index in [1.807, 2.05) is 0 Å². The van der Waals surface area contributed by atoms with Gasteiger partial charge >= 0.3 is 11.9 Å². The molecule has 0 amide bonds. The Balaban J connectivity index is 2.05. The lowest BCUT2D eigenvalue weighted by Gasteiger charge is -2.27. The van der Waals surface area contributed by atoms with E-state index in [4.69, 9.17) is 16.3 Å². The van der Waals surface area contributed by atoms with Crippen molar-refractivity contribution >= 4 is 34.7 Å². The largest absolute Gasteiger partial charge is 0.416 e. The molecule has 0 unspecified atom stereocenters. The second kappa shape index (κ2) is 7.76. The van der Waals surface area contributed by atoms with E-state index in [0.717, 1.165) is 18.2 Å². The Morgan fingerprint density at radius 3 is 2.57 bits per heavy atom. The van der Waals surface area contributed by atoms with Crippen LogP contribution in [-0.4, -0.2) is 41.2 Å². The van der Waals surface area contributed by atoms with Gasteiger partial charge in [0.05, 0.1) is 34.4 Å². The molecular weight excluding hydrogens is 403 g/mol. The molecule has 1 aliphatic rings. The van der Waals surface area contributed by atoms with Crippen LogP contribution in [0.15, 0.2) is 18.2 Å². The molecule has 28 heavy (non-hydrogen) atoms. The summed E-state index contributed by atoms with van der Waals surface area (Å²) in [7, 11) is 0. The molecule has 0 bridgehead atoms. The van der Waals surface area contributed by atoms with E-state index in [-0.39, 0.29) is 28.2 Å². The number of morpholine rings is 1. The highest BCUT2D eigenvalue weighted by Gasteiger charge is 2.32. The molecule has 0 aliphatic carbocycles. The van der Waals surface area contributed by atoms with Gasteiger partial charge in [-0.25, -0.2) is 4.98 Å². The lowest BCUT2D eigenvalue weighted by Crippen LogP contribution is -2.37. The van der Waals surface area contributed by atoms with Gasteiger partial charge in [-0.3, -0.25) is 10.1 Å². The molecule has 12 heteroatoms. The molecule has 3 rings (SSSR count). The summed E-state index contributed by atoms with van der Waals surface area (Å²) in [4.78, 5) is 20.9. The van der Waals surface area contributed by atoms with Crippen LogP contribution in [0.2, 0.25) is 5.02 Å². The highest BCUT2D eigenvalue weighted by molar-refractivity contribution is 6.33. The van der Waals surface area contributed by atoms with Crippen molar-refractivity contribution < 1.29 is 22.8 Å². The van der Waals surface area contributed by atoms with Crippen molar-refractivity contribution in [3.05, 3.63) is 44.6 Å². The topological polar surface area (TPSA) is 93.4 Å². The van der Waals surface area contributed by atoms with Gasteiger partial charge in [-0.1, -0.05) is 11.6 Å². The van der Waals surface area contributed by atoms with E-state index in [0.29, 0.717) is 26.3 Å². The Hall–Kier alpha value is -2.66. The van der Waals surface area contributed by atoms with Crippen molar-refractivity contribution in [2.45, 2.75) is 13.1 Å². The molecule has 2 aromatic rings. The van der Waals surface area contributed by atoms with Crippen molar-refractivity contribution in [1.29, 1.82) is 0 Å². The number of nitro groups is 1. The van der Waals surface area contributed by atoms with Crippen molar-refractivity contribution in [2.75, 3.05) is 36.5 Å². The van der Waals surface area contributed by atoms with Crippen molar-refractivity contribution in [1.82, 2.24) is 9.97 Å². The van der Waals surface area contributed by atoms with Gasteiger partial charge < -0.3 is 15.0 Å². The van der Waals surface area contributed by atoms with Crippen LogP contribution in [0.4, 0.5) is 36.3 Å². The molecule has 0 spiro atoms. The molecule has 150 valence electrons. The molecule has 0 saturated carbocycles. The first-order chi connectivity index (χ1) is 13.2. The number of rotatable bonds is 4. The summed E-state index contributed by atoms with van der Waals surface area (Å²) in [6.45, 7) is 3.30. The van der Waals surface area contributed by atoms with Crippen LogP contribution in [0.25, 0.3) is 0 Å². The molecular formula is C16H15ClF3N5O3. The number of aryl methyl sites for hydroxylation is 1. The first-order valence-corrected chi connectivity index (χ1v) is 8.54. The van der Waals surface area contributed by atoms with Gasteiger partial charge in [0.1, 0.15) is 5.69 Å². The maximum Gasteiger partial charge on any atom is 0.416 e. The lowest BCUT2D eigenvalue weighted by atomic mass is 10.2. The van der Waals surface area contributed by atoms with E-state index < -0.39 is 22.4 Å². The minimum absolute atomic E-state index is 0.0357. The van der Waals surface area contributed by atoms with Gasteiger partial charge in [-0.05, 0) is 25.1 Å². The Morgan fingerprint density at radius 1 is 1.29 bits per heavy atom. The summed E-state index contributed by atoms with van der Waals surface area (Å²) in [5.74, 6) is -0.0165. The molecule has 1 aromatic heterocycles. The predicted octanol–water partition coefficient (Wildman–Crippen LogP) is 3.95. The number of nitrogens with zero attached hydrogens (tertiary/aromatic N) is 4. The lowest BCUT2D eigenvalue weighted by molar-refractivity contribution is -0.385. The van der Waals surface area contributed by atoms with Gasteiger partial charge in [0, 0.05) is 13.1 Å². The summed E-state index contributed by atoms with van der Waals surface area (Å²) in [5.41, 5.74) is -1.45. The minimum atomic E-state index is -4.59. The molecule has 1 aromatic carbocycles. The first kappa shape index (κ1) is 20.1. The summed E-state index contributed by atoms with van der Waals surface area (Å²) < 4.78 is 44.2. The first-order valence-electron chi connectivity index (χ1n) is 8.16. The quantitative estimate of drug-likeness (QED) is 0.594. The van der Waals surface area contributed by atoms with Crippen LogP contribution in [0.1, 0.15) is 11.3 Å². The number of aromatic nitrogens is 2. The molecule has 1 fully saturated rings. The number of alkyl halides is 3. The maximum absolute atomic E-state index is 13.0. The molecule has 0 atom stereocenters. The van der Waals surface area contributed by atoms with E-state index in [2.05, 4.69) is 15.3 Å². The molecule has 0 radical (unpaired) electrons. The maximum atomic E-state index is 13.0. The highest BCUT2D eigenvalue weighted by Crippen LogP contribution is 2.37. The summed E-state index contributed by atoms with van der Waals surface area (Å²) in [6, 6.07) is 2.67. The van der Waals surface area contributed by atoms with Gasteiger partial charge in [0.2, 0.25) is 11.8 Å². The Labute approximate surface area is 162 Å². The third kappa shape index (κ3) is 4.25. The number of nitrogens with one attached hydrogen (secondary N) is 1. The molecule has 8 nitrogen and oxygen atoms in total. The Kier molecular flexibility index (Phi) is 5.57. The number of hydrogen-bond acceptors (Lipinski definition) is 7. The normalized spacial score (nSPS) is 14.8. The summed E-state index contributed by atoms with van der Waals surface area (Å²) in [6.07, 6.45) is -4.59. The second-order valence-electron chi connectivity index (χ2n) is 5.98. The van der Waals surface area contributed by atoms with Crippen LogP contribution in [-0.2, 0) is 10.9 Å². The Morgan fingerprint density at radius 2 is 1.96 bits per heavy atom. The Bertz CT molecular complexity index is 904. The van der Waals surface area contributed by atoms with Crippen molar-refractivity contribution in [3.8, 4) is 0 Å². The van der Waals surface area contributed by atoms with Crippen LogP contribution in [0, 0.1) is 17.0 Å². The average molecular weight is 418 g/mol. The van der Waals surface area contributed by atoms with Crippen molar-refractivity contribution in [3.63, 3.8) is 0 Å². The monoisotopic (exact) mass is 417 g/mol. The van der Waals surface area contributed by atoms with Crippen molar-refractivity contribution in [2.24, 2.45) is 0 Å². The third-order valence-corrected chi connectivity index (χ3v) is 4.40. The minimum Gasteiger partial charge on any atom is -0.378 e. The average Bonchev–Trinajstić information content (AvgIpc) is 2.62. The van der Waals surface area contributed by atoms with Crippen LogP contribution in [0.5, 0.6) is 0 Å². The number of benzene rings is 1. The zero-order valence-electron chi connectivity index (χ0n) is 14.6. The zero-order chi connectivity index (χ0) is 20.5. The summed E-state index contributed by atoms with van der Waals surface area (Å²) in [5, 5.41) is 14.0. The number of ether oxygens (including phenoxy) is 1. The third-order valence-electron chi connectivity index (χ3n) is 4.07. The smallest absolute Gasteiger partial charge is 0.378 e. The molecule has 1 saturated heterocycles. The standard InChI is InChI=1S/C16H15ClF3N5O3/c1-9-13(25(26)27)14(23-15(21-9)24-4-6-28-7-5-24)22-12-8-10(16(18,19)20)2-3-11(12)17/h2-3,8H,4-7H2,1H3,(H,21,22,23). The summed E-state index contributed by atoms with van der Waals surface area (Å²) >= 11 is 5.99.